The van der Waals surface area contributed by atoms with Gasteiger partial charge in [0, 0.05) is 21.7 Å². The lowest BCUT2D eigenvalue weighted by molar-refractivity contribution is 0.397. The zero-order valence-electron chi connectivity index (χ0n) is 14.1. The highest BCUT2D eigenvalue weighted by atomic mass is 32.2. The Kier molecular flexibility index (Phi) is 5.66. The molecule has 0 spiro atoms. The third-order valence-corrected chi connectivity index (χ3v) is 5.17. The number of aromatic nitrogens is 1. The van der Waals surface area contributed by atoms with E-state index >= 15 is 0 Å². The van der Waals surface area contributed by atoms with E-state index in [1.165, 1.54) is 9.79 Å². The molecule has 0 fully saturated rings. The Hall–Kier alpha value is -1.69. The Morgan fingerprint density at radius 3 is 2.42 bits per heavy atom. The summed E-state index contributed by atoms with van der Waals surface area (Å²) in [6.07, 6.45) is 2.09. The Labute approximate surface area is 152 Å². The monoisotopic (exact) mass is 355 g/mol. The van der Waals surface area contributed by atoms with Crippen LogP contribution in [0.3, 0.4) is 0 Å². The van der Waals surface area contributed by atoms with E-state index < -0.39 is 0 Å². The SMILES string of the molecule is CSc1ccc(SNc2cccc3ccc(CN(C)C)nc23)cc1. The Balaban J connectivity index is 1.82. The molecular weight excluding hydrogens is 334 g/mol. The van der Waals surface area contributed by atoms with Crippen LogP contribution in [0.15, 0.2) is 64.4 Å². The highest BCUT2D eigenvalue weighted by Gasteiger charge is 2.05. The fourth-order valence-corrected chi connectivity index (χ4v) is 3.51. The molecule has 0 aliphatic heterocycles. The molecule has 1 N–H and O–H groups in total. The van der Waals surface area contributed by atoms with E-state index in [0.29, 0.717) is 0 Å². The molecule has 24 heavy (non-hydrogen) atoms. The molecule has 0 amide bonds. The van der Waals surface area contributed by atoms with Crippen LogP contribution in [0.1, 0.15) is 5.69 Å². The van der Waals surface area contributed by atoms with Crippen LogP contribution < -0.4 is 4.72 Å². The van der Waals surface area contributed by atoms with Gasteiger partial charge in [-0.1, -0.05) is 18.2 Å². The van der Waals surface area contributed by atoms with E-state index in [1.807, 2.05) is 0 Å². The number of rotatable bonds is 6. The minimum absolute atomic E-state index is 0.841. The van der Waals surface area contributed by atoms with Gasteiger partial charge in [-0.15, -0.1) is 11.8 Å². The smallest absolute Gasteiger partial charge is 0.0945 e. The van der Waals surface area contributed by atoms with Crippen LogP contribution in [0.5, 0.6) is 0 Å². The first-order valence-electron chi connectivity index (χ1n) is 7.76. The van der Waals surface area contributed by atoms with E-state index in [4.69, 9.17) is 4.98 Å². The quantitative estimate of drug-likeness (QED) is 0.488. The van der Waals surface area contributed by atoms with E-state index in [-0.39, 0.29) is 0 Å². The molecule has 1 aromatic heterocycles. The van der Waals surface area contributed by atoms with Crippen molar-refractivity contribution in [3.63, 3.8) is 0 Å². The Bertz CT molecular complexity index is 816. The molecule has 0 saturated heterocycles. The van der Waals surface area contributed by atoms with Crippen LogP contribution in [0.4, 0.5) is 5.69 Å². The highest BCUT2D eigenvalue weighted by molar-refractivity contribution is 8.00. The van der Waals surface area contributed by atoms with Gasteiger partial charge in [0.1, 0.15) is 0 Å². The average Bonchev–Trinajstić information content (AvgIpc) is 2.60. The standard InChI is InChI=1S/C19H21N3S2/c1-22(2)13-15-8-7-14-5-4-6-18(19(14)20-15)21-24-17-11-9-16(23-3)10-12-17/h4-12,21H,13H2,1-3H3. The van der Waals surface area contributed by atoms with E-state index in [2.05, 4.69) is 84.6 Å². The molecular formula is C19H21N3S2. The molecule has 0 unspecified atom stereocenters. The summed E-state index contributed by atoms with van der Waals surface area (Å²) in [4.78, 5) is 9.43. The number of fused-ring (bicyclic) bond motifs is 1. The van der Waals surface area contributed by atoms with Gasteiger partial charge in [0.15, 0.2) is 0 Å². The van der Waals surface area contributed by atoms with Crippen LogP contribution in [0.2, 0.25) is 0 Å². The maximum atomic E-state index is 4.83. The van der Waals surface area contributed by atoms with Gasteiger partial charge in [-0.3, -0.25) is 0 Å². The van der Waals surface area contributed by atoms with Crippen LogP contribution >= 0.6 is 23.7 Å². The van der Waals surface area contributed by atoms with Crippen LogP contribution in [0.25, 0.3) is 10.9 Å². The van der Waals surface area contributed by atoms with Crippen LogP contribution in [-0.4, -0.2) is 30.2 Å². The fourth-order valence-electron chi connectivity index (χ4n) is 2.44. The summed E-state index contributed by atoms with van der Waals surface area (Å²) >= 11 is 3.37. The first-order valence-corrected chi connectivity index (χ1v) is 9.80. The summed E-state index contributed by atoms with van der Waals surface area (Å²) in [5.41, 5.74) is 3.15. The molecule has 124 valence electrons. The summed E-state index contributed by atoms with van der Waals surface area (Å²) in [6.45, 7) is 0.841. The molecule has 3 aromatic rings. The topological polar surface area (TPSA) is 28.2 Å². The Morgan fingerprint density at radius 2 is 1.71 bits per heavy atom. The zero-order valence-corrected chi connectivity index (χ0v) is 15.7. The molecule has 3 nitrogen and oxygen atoms in total. The van der Waals surface area contributed by atoms with Gasteiger partial charge in [-0.05, 0) is 68.7 Å². The van der Waals surface area contributed by atoms with Crippen molar-refractivity contribution in [1.29, 1.82) is 0 Å². The number of pyridine rings is 1. The van der Waals surface area contributed by atoms with Gasteiger partial charge in [0.2, 0.25) is 0 Å². The van der Waals surface area contributed by atoms with Gasteiger partial charge in [-0.25, -0.2) is 4.98 Å². The number of anilines is 1. The third-order valence-electron chi connectivity index (χ3n) is 3.59. The largest absolute Gasteiger partial charge is 0.324 e. The number of nitrogens with zero attached hydrogens (tertiary/aromatic N) is 2. The van der Waals surface area contributed by atoms with Gasteiger partial charge >= 0.3 is 0 Å². The number of para-hydroxylation sites is 1. The zero-order chi connectivity index (χ0) is 16.9. The number of nitrogens with one attached hydrogen (secondary N) is 1. The molecule has 5 heteroatoms. The first kappa shape index (κ1) is 17.1. The molecule has 0 aliphatic carbocycles. The summed E-state index contributed by atoms with van der Waals surface area (Å²) in [5.74, 6) is 0. The molecule has 2 aromatic carbocycles. The summed E-state index contributed by atoms with van der Waals surface area (Å²) in [6, 6.07) is 19.1. The molecule has 3 rings (SSSR count). The Morgan fingerprint density at radius 1 is 0.958 bits per heavy atom. The van der Waals surface area contributed by atoms with Crippen molar-refractivity contribution in [3.05, 3.63) is 60.3 Å². The van der Waals surface area contributed by atoms with Gasteiger partial charge < -0.3 is 9.62 Å². The lowest BCUT2D eigenvalue weighted by atomic mass is 10.2. The molecule has 1 heterocycles. The van der Waals surface area contributed by atoms with Crippen LogP contribution in [-0.2, 0) is 6.54 Å². The van der Waals surface area contributed by atoms with E-state index in [1.54, 1.807) is 23.7 Å². The van der Waals surface area contributed by atoms with Crippen LogP contribution in [0, 0.1) is 0 Å². The normalized spacial score (nSPS) is 11.2. The number of hydrogen-bond donors (Lipinski definition) is 1. The molecule has 0 atom stereocenters. The number of benzene rings is 2. The fraction of sp³-hybridized carbons (Fsp3) is 0.211. The predicted molar refractivity (Wildman–Crippen MR) is 107 cm³/mol. The van der Waals surface area contributed by atoms with Crippen molar-refractivity contribution >= 4 is 40.3 Å². The highest BCUT2D eigenvalue weighted by Crippen LogP contribution is 2.28. The van der Waals surface area contributed by atoms with E-state index in [9.17, 15) is 0 Å². The minimum atomic E-state index is 0.841. The van der Waals surface area contributed by atoms with Crippen molar-refractivity contribution in [1.82, 2.24) is 9.88 Å². The van der Waals surface area contributed by atoms with Crippen molar-refractivity contribution < 1.29 is 0 Å². The van der Waals surface area contributed by atoms with Crippen molar-refractivity contribution in [2.24, 2.45) is 0 Å². The third kappa shape index (κ3) is 4.23. The summed E-state index contributed by atoms with van der Waals surface area (Å²) in [5, 5.41) is 1.15. The van der Waals surface area contributed by atoms with Crippen molar-refractivity contribution in [2.75, 3.05) is 25.1 Å². The van der Waals surface area contributed by atoms with Gasteiger partial charge in [0.05, 0.1) is 16.9 Å². The lowest BCUT2D eigenvalue weighted by Crippen LogP contribution is -2.11. The average molecular weight is 356 g/mol. The van der Waals surface area contributed by atoms with E-state index in [0.717, 1.165) is 28.8 Å². The maximum absolute atomic E-state index is 4.83. The van der Waals surface area contributed by atoms with Gasteiger partial charge in [-0.2, -0.15) is 0 Å². The number of thioether (sulfide) groups is 1. The minimum Gasteiger partial charge on any atom is -0.324 e. The summed E-state index contributed by atoms with van der Waals surface area (Å²) in [7, 11) is 4.12. The predicted octanol–water partition coefficient (Wildman–Crippen LogP) is 5.14. The van der Waals surface area contributed by atoms with Crippen molar-refractivity contribution in [3.8, 4) is 0 Å². The molecule has 0 radical (unpaired) electrons. The maximum Gasteiger partial charge on any atom is 0.0945 e. The lowest BCUT2D eigenvalue weighted by Gasteiger charge is -2.12. The first-order chi connectivity index (χ1) is 11.7. The molecule has 0 aliphatic rings. The summed E-state index contributed by atoms with van der Waals surface area (Å²) < 4.78 is 3.46. The molecule has 0 bridgehead atoms. The second-order valence-corrected chi connectivity index (χ2v) is 7.56. The number of hydrogen-bond acceptors (Lipinski definition) is 5. The van der Waals surface area contributed by atoms with Crippen molar-refractivity contribution in [2.45, 2.75) is 16.3 Å². The van der Waals surface area contributed by atoms with Gasteiger partial charge in [0.25, 0.3) is 0 Å². The second kappa shape index (κ2) is 7.92. The molecule has 0 saturated carbocycles. The second-order valence-electron chi connectivity index (χ2n) is 5.80.